The van der Waals surface area contributed by atoms with E-state index in [0.717, 1.165) is 79.3 Å². The van der Waals surface area contributed by atoms with Crippen LogP contribution in [0.4, 0.5) is 0 Å². The largest absolute Gasteiger partial charge is 0.295 e. The van der Waals surface area contributed by atoms with Crippen LogP contribution in [0.25, 0.3) is 64.9 Å². The molecule has 8 rings (SSSR count). The van der Waals surface area contributed by atoms with Crippen molar-refractivity contribution in [2.75, 3.05) is 0 Å². The molecule has 0 radical (unpaired) electrons. The fourth-order valence-electron chi connectivity index (χ4n) is 5.64. The lowest BCUT2D eigenvalue weighted by molar-refractivity contribution is 0.0812. The van der Waals surface area contributed by atoms with Gasteiger partial charge in [0.2, 0.25) is 5.91 Å². The number of hydrogen-bond acceptors (Lipinski definition) is 7. The first-order valence-electron chi connectivity index (χ1n) is 12.8. The normalized spacial score (nSPS) is 14.8. The number of imidazole rings is 1. The molecular weight excluding hydrogens is 496 g/mol. The Kier molecular flexibility index (Phi) is 4.72. The molecule has 0 unspecified atom stereocenters. The number of thiophene rings is 1. The summed E-state index contributed by atoms with van der Waals surface area (Å²) < 4.78 is 2.78. The number of carbonyl (C=O) groups excluding carboxylic acids is 1. The zero-order valence-corrected chi connectivity index (χ0v) is 21.1. The van der Waals surface area contributed by atoms with Crippen LogP contribution in [0.5, 0.6) is 0 Å². The van der Waals surface area contributed by atoms with Crippen molar-refractivity contribution in [3.8, 4) is 11.3 Å². The standard InChI is InChI=1S/C28H22N8OS/c37-28(15-4-2-1-3-5-15)36-18-10-16(12-29-14-18)17-11-19-23(34-35-26(19)31-13-17)27-32-20-8-9-30-25(24(20)33-27)21-6-7-22(36)38-21/h6-15,34H,1-5H2,(H,31,35). The second-order valence-corrected chi connectivity index (χ2v) is 11.0. The highest BCUT2D eigenvalue weighted by Crippen LogP contribution is 2.33. The highest BCUT2D eigenvalue weighted by atomic mass is 32.1. The maximum atomic E-state index is 14.1. The van der Waals surface area contributed by atoms with Gasteiger partial charge in [-0.2, -0.15) is 0 Å². The summed E-state index contributed by atoms with van der Waals surface area (Å²) in [7, 11) is 0. The maximum Gasteiger partial charge on any atom is 0.235 e. The van der Waals surface area contributed by atoms with Crippen molar-refractivity contribution < 1.29 is 4.79 Å². The molecule has 1 fully saturated rings. The van der Waals surface area contributed by atoms with Crippen molar-refractivity contribution in [1.82, 2.24) is 39.7 Å². The number of hydrogen-bond donors (Lipinski definition) is 2. The van der Waals surface area contributed by atoms with E-state index >= 15 is 0 Å². The number of H-pyrrole nitrogens is 2. The lowest BCUT2D eigenvalue weighted by Crippen LogP contribution is -2.24. The maximum absolute atomic E-state index is 14.1. The average Bonchev–Trinajstić information content (AvgIpc) is 3.71. The highest BCUT2D eigenvalue weighted by molar-refractivity contribution is 7.24. The summed E-state index contributed by atoms with van der Waals surface area (Å²) in [5.74, 6) is 0.125. The molecule has 5 aromatic heterocycles. The van der Waals surface area contributed by atoms with Gasteiger partial charge in [0, 0.05) is 40.8 Å². The van der Waals surface area contributed by atoms with Crippen LogP contribution in [0.1, 0.15) is 36.9 Å². The summed E-state index contributed by atoms with van der Waals surface area (Å²) in [5, 5.41) is 8.12. The Labute approximate surface area is 219 Å². The predicted octanol–water partition coefficient (Wildman–Crippen LogP) is 6.40. The fraction of sp³-hybridized carbons (Fsp3) is 0.214. The Morgan fingerprint density at radius 1 is 0.921 bits per heavy atom. The first kappa shape index (κ1) is 21.6. The minimum Gasteiger partial charge on any atom is -0.295 e. The van der Waals surface area contributed by atoms with Gasteiger partial charge in [-0.3, -0.25) is 29.5 Å². The summed E-state index contributed by atoms with van der Waals surface area (Å²) in [5.41, 5.74) is 5.92. The molecule has 2 aliphatic heterocycles. The van der Waals surface area contributed by atoms with Gasteiger partial charge < -0.3 is 0 Å². The molecule has 8 bridgehead atoms. The van der Waals surface area contributed by atoms with Gasteiger partial charge in [0.25, 0.3) is 0 Å². The van der Waals surface area contributed by atoms with E-state index in [-0.39, 0.29) is 11.8 Å². The van der Waals surface area contributed by atoms with Crippen LogP contribution < -0.4 is 0 Å². The van der Waals surface area contributed by atoms with Gasteiger partial charge in [0.1, 0.15) is 21.6 Å². The zero-order valence-electron chi connectivity index (χ0n) is 20.3. The minimum absolute atomic E-state index is 0.000985. The quantitative estimate of drug-likeness (QED) is 0.260. The molecule has 2 N–H and O–H groups in total. The molecule has 0 spiro atoms. The smallest absolute Gasteiger partial charge is 0.235 e. The number of nitrogens with one attached hydrogen (secondary N) is 2. The average molecular weight is 519 g/mol. The van der Waals surface area contributed by atoms with E-state index in [1.54, 1.807) is 12.4 Å². The van der Waals surface area contributed by atoms with Gasteiger partial charge >= 0.3 is 0 Å². The molecule has 7 heterocycles. The van der Waals surface area contributed by atoms with Crippen LogP contribution in [-0.4, -0.2) is 45.6 Å². The fourth-order valence-corrected chi connectivity index (χ4v) is 6.67. The van der Waals surface area contributed by atoms with Crippen LogP contribution in [0.15, 0.2) is 55.1 Å². The van der Waals surface area contributed by atoms with Crippen LogP contribution in [0.3, 0.4) is 0 Å². The summed E-state index contributed by atoms with van der Waals surface area (Å²) in [6.45, 7) is 0. The van der Waals surface area contributed by atoms with Crippen molar-refractivity contribution in [2.24, 2.45) is 5.92 Å². The molecule has 186 valence electrons. The minimum atomic E-state index is 0.000985. The van der Waals surface area contributed by atoms with E-state index in [4.69, 9.17) is 9.97 Å². The van der Waals surface area contributed by atoms with Gasteiger partial charge in [0.15, 0.2) is 11.3 Å². The number of carbonyl (C=O) groups is 1. The summed E-state index contributed by atoms with van der Waals surface area (Å²) in [6, 6.07) is 9.99. The molecule has 38 heavy (non-hydrogen) atoms. The van der Waals surface area contributed by atoms with Crippen molar-refractivity contribution >= 4 is 70.9 Å². The van der Waals surface area contributed by atoms with E-state index in [9.17, 15) is 4.79 Å². The topological polar surface area (TPSA) is 118 Å². The number of aromatic amines is 2. The van der Waals surface area contributed by atoms with Crippen LogP contribution in [0, 0.1) is 5.92 Å². The Bertz CT molecular complexity index is 2060. The highest BCUT2D eigenvalue weighted by Gasteiger charge is 2.24. The molecule has 0 amide bonds. The Morgan fingerprint density at radius 3 is 2.74 bits per heavy atom. The SMILES string of the molecule is O=C(C1CCCCC1)n1c2cncc(c2)c2cnc3[nH][nH]c(c4nc5ccnc(c6ccc1s6)c5n4)-c3c2. The molecule has 10 heteroatoms. The summed E-state index contributed by atoms with van der Waals surface area (Å²) in [4.78, 5) is 38.5. The van der Waals surface area contributed by atoms with Crippen LogP contribution >= 0.6 is 11.3 Å². The van der Waals surface area contributed by atoms with Gasteiger partial charge in [-0.25, -0.2) is 15.0 Å². The molecule has 9 nitrogen and oxygen atoms in total. The third kappa shape index (κ3) is 3.30. The van der Waals surface area contributed by atoms with E-state index in [1.807, 2.05) is 41.2 Å². The van der Waals surface area contributed by atoms with Crippen LogP contribution in [0.2, 0.25) is 0 Å². The molecular formula is C28H22N8OS. The molecule has 5 aromatic rings. The number of nitrogens with zero attached hydrogens (tertiary/aromatic N) is 6. The van der Waals surface area contributed by atoms with Crippen molar-refractivity contribution in [1.29, 1.82) is 0 Å². The third-order valence-corrected chi connectivity index (χ3v) is 8.65. The van der Waals surface area contributed by atoms with Crippen molar-refractivity contribution in [3.63, 3.8) is 0 Å². The van der Waals surface area contributed by atoms with Gasteiger partial charge in [-0.1, -0.05) is 19.3 Å². The predicted molar refractivity (Wildman–Crippen MR) is 149 cm³/mol. The molecule has 0 saturated heterocycles. The molecule has 0 aromatic carbocycles. The Hall–Kier alpha value is -4.44. The zero-order chi connectivity index (χ0) is 25.2. The lowest BCUT2D eigenvalue weighted by atomic mass is 9.88. The summed E-state index contributed by atoms with van der Waals surface area (Å²) >= 11 is 1.54. The second kappa shape index (κ2) is 8.29. The number of rotatable bonds is 1. The second-order valence-electron chi connectivity index (χ2n) is 9.90. The number of pyridine rings is 3. The van der Waals surface area contributed by atoms with E-state index < -0.39 is 0 Å². The van der Waals surface area contributed by atoms with Crippen LogP contribution in [-0.2, 0) is 0 Å². The number of aromatic nitrogens is 8. The summed E-state index contributed by atoms with van der Waals surface area (Å²) in [6.07, 6.45) is 12.4. The molecule has 3 aliphatic rings. The van der Waals surface area contributed by atoms with E-state index in [1.165, 1.54) is 17.8 Å². The third-order valence-electron chi connectivity index (χ3n) is 7.57. The lowest BCUT2D eigenvalue weighted by Gasteiger charge is -2.21. The first-order chi connectivity index (χ1) is 18.7. The van der Waals surface area contributed by atoms with Gasteiger partial charge in [-0.05, 0) is 43.2 Å². The Morgan fingerprint density at radius 2 is 1.82 bits per heavy atom. The van der Waals surface area contributed by atoms with Crippen molar-refractivity contribution in [2.45, 2.75) is 32.1 Å². The Balaban J connectivity index is 1.54. The molecule has 1 aliphatic carbocycles. The molecule has 1 saturated carbocycles. The monoisotopic (exact) mass is 518 g/mol. The van der Waals surface area contributed by atoms with E-state index in [0.29, 0.717) is 11.3 Å². The van der Waals surface area contributed by atoms with Gasteiger partial charge in [-0.15, -0.1) is 11.3 Å². The molecule has 0 atom stereocenters. The van der Waals surface area contributed by atoms with Crippen molar-refractivity contribution in [3.05, 3.63) is 55.1 Å². The number of fused-ring (bicyclic) bond motifs is 9. The van der Waals surface area contributed by atoms with E-state index in [2.05, 4.69) is 31.2 Å². The van der Waals surface area contributed by atoms with Gasteiger partial charge in [0.05, 0.1) is 21.9 Å². The first-order valence-corrected chi connectivity index (χ1v) is 13.6.